The maximum Gasteiger partial charge on any atom is 0.262 e. The molecule has 2 aromatic heterocycles. The smallest absolute Gasteiger partial charge is 0.262 e. The summed E-state index contributed by atoms with van der Waals surface area (Å²) in [6.07, 6.45) is 0.747. The van der Waals surface area contributed by atoms with E-state index in [0.29, 0.717) is 0 Å². The summed E-state index contributed by atoms with van der Waals surface area (Å²) in [6.45, 7) is 1.98. The monoisotopic (exact) mass is 312 g/mol. The Kier molecular flexibility index (Phi) is 3.83. The summed E-state index contributed by atoms with van der Waals surface area (Å²) in [7, 11) is 0. The van der Waals surface area contributed by atoms with E-state index < -0.39 is 5.91 Å². The number of nitrogens with one attached hydrogen (secondary N) is 2. The zero-order valence-electron chi connectivity index (χ0n) is 9.77. The van der Waals surface area contributed by atoms with E-state index in [9.17, 15) is 4.79 Å². The second-order valence-corrected chi connectivity index (χ2v) is 4.50. The van der Waals surface area contributed by atoms with Crippen molar-refractivity contribution in [3.8, 4) is 0 Å². The van der Waals surface area contributed by atoms with Crippen LogP contribution in [-0.4, -0.2) is 27.0 Å². The molecule has 0 aromatic carbocycles. The zero-order valence-corrected chi connectivity index (χ0v) is 11.4. The molecule has 0 saturated carbocycles. The van der Waals surface area contributed by atoms with Gasteiger partial charge in [0.2, 0.25) is 0 Å². The largest absolute Gasteiger partial charge is 0.360 e. The third-order valence-electron chi connectivity index (χ3n) is 2.54. The van der Waals surface area contributed by atoms with Crippen LogP contribution in [0, 0.1) is 0 Å². The topological polar surface area (TPSA) is 78.7 Å². The van der Waals surface area contributed by atoms with Crippen molar-refractivity contribution in [2.45, 2.75) is 13.3 Å². The van der Waals surface area contributed by atoms with E-state index in [1.54, 1.807) is 5.48 Å². The molecule has 18 heavy (non-hydrogen) atoms. The Morgan fingerprint density at radius 3 is 3.00 bits per heavy atom. The number of carbonyl (C=O) groups is 1. The first-order chi connectivity index (χ1) is 8.67. The summed E-state index contributed by atoms with van der Waals surface area (Å²) in [5.74, 6) is 0.252. The fraction of sp³-hybridized carbons (Fsp3) is 0.273. The molecule has 2 aromatic rings. The highest BCUT2D eigenvalue weighted by molar-refractivity contribution is 9.10. The zero-order chi connectivity index (χ0) is 13.1. The molecule has 6 nitrogen and oxygen atoms in total. The van der Waals surface area contributed by atoms with Crippen molar-refractivity contribution in [2.75, 3.05) is 11.9 Å². The molecule has 0 aliphatic rings. The van der Waals surface area contributed by atoms with Gasteiger partial charge >= 0.3 is 0 Å². The molecule has 1 amide bonds. The quantitative estimate of drug-likeness (QED) is 0.455. The minimum Gasteiger partial charge on any atom is -0.360 e. The average Bonchev–Trinajstić information content (AvgIpc) is 2.75. The lowest BCUT2D eigenvalue weighted by Crippen LogP contribution is -2.27. The van der Waals surface area contributed by atoms with Gasteiger partial charge in [-0.3, -0.25) is 14.4 Å². The molecule has 0 aliphatic carbocycles. The van der Waals surface area contributed by atoms with Crippen molar-refractivity contribution in [1.29, 1.82) is 0 Å². The SMILES string of the molecule is CCc1nc2cccc(Br)n2c1NCC(=O)NO. The molecule has 0 radical (unpaired) electrons. The van der Waals surface area contributed by atoms with Crippen LogP contribution >= 0.6 is 15.9 Å². The normalized spacial score (nSPS) is 10.6. The summed E-state index contributed by atoms with van der Waals surface area (Å²) in [6, 6.07) is 5.68. The van der Waals surface area contributed by atoms with Crippen molar-refractivity contribution < 1.29 is 10.0 Å². The van der Waals surface area contributed by atoms with Crippen molar-refractivity contribution in [3.63, 3.8) is 0 Å². The second kappa shape index (κ2) is 5.36. The molecule has 0 unspecified atom stereocenters. The van der Waals surface area contributed by atoms with Crippen LogP contribution in [0.15, 0.2) is 22.8 Å². The Morgan fingerprint density at radius 1 is 1.56 bits per heavy atom. The van der Waals surface area contributed by atoms with Gasteiger partial charge in [0.1, 0.15) is 11.5 Å². The van der Waals surface area contributed by atoms with E-state index >= 15 is 0 Å². The first kappa shape index (κ1) is 12.8. The number of fused-ring (bicyclic) bond motifs is 1. The predicted molar refractivity (Wildman–Crippen MR) is 70.7 cm³/mol. The van der Waals surface area contributed by atoms with Gasteiger partial charge in [-0.15, -0.1) is 0 Å². The average molecular weight is 313 g/mol. The van der Waals surface area contributed by atoms with Gasteiger partial charge in [0, 0.05) is 0 Å². The summed E-state index contributed by atoms with van der Waals surface area (Å²) in [4.78, 5) is 15.5. The third kappa shape index (κ3) is 2.32. The van der Waals surface area contributed by atoms with Crippen molar-refractivity contribution in [2.24, 2.45) is 0 Å². The number of aryl methyl sites for hydroxylation is 1. The van der Waals surface area contributed by atoms with E-state index in [2.05, 4.69) is 26.2 Å². The highest BCUT2D eigenvalue weighted by atomic mass is 79.9. The minimum absolute atomic E-state index is 0.0153. The van der Waals surface area contributed by atoms with Crippen LogP contribution in [0.4, 0.5) is 5.82 Å². The van der Waals surface area contributed by atoms with Crippen molar-refractivity contribution in [3.05, 3.63) is 28.5 Å². The number of halogens is 1. The van der Waals surface area contributed by atoms with Gasteiger partial charge in [-0.2, -0.15) is 0 Å². The molecule has 0 bridgehead atoms. The molecular weight excluding hydrogens is 300 g/mol. The molecule has 0 aliphatic heterocycles. The van der Waals surface area contributed by atoms with E-state index in [1.165, 1.54) is 0 Å². The third-order valence-corrected chi connectivity index (χ3v) is 3.16. The number of imidazole rings is 1. The lowest BCUT2D eigenvalue weighted by atomic mass is 10.3. The van der Waals surface area contributed by atoms with Gasteiger partial charge in [-0.05, 0) is 34.5 Å². The van der Waals surface area contributed by atoms with E-state index in [0.717, 1.165) is 28.2 Å². The number of hydrogen-bond acceptors (Lipinski definition) is 4. The van der Waals surface area contributed by atoms with Gasteiger partial charge < -0.3 is 5.32 Å². The fourth-order valence-corrected chi connectivity index (χ4v) is 2.24. The number of anilines is 1. The van der Waals surface area contributed by atoms with Crippen LogP contribution in [0.1, 0.15) is 12.6 Å². The molecule has 0 fully saturated rings. The molecule has 2 rings (SSSR count). The maximum absolute atomic E-state index is 11.1. The number of amides is 1. The van der Waals surface area contributed by atoms with E-state index in [1.807, 2.05) is 29.5 Å². The van der Waals surface area contributed by atoms with Crippen LogP contribution in [0.2, 0.25) is 0 Å². The summed E-state index contributed by atoms with van der Waals surface area (Å²) < 4.78 is 2.72. The van der Waals surface area contributed by atoms with Gasteiger partial charge in [0.15, 0.2) is 0 Å². The molecule has 0 spiro atoms. The van der Waals surface area contributed by atoms with Gasteiger partial charge in [-0.1, -0.05) is 13.0 Å². The fourth-order valence-electron chi connectivity index (χ4n) is 1.73. The standard InChI is InChI=1S/C11H13BrN4O2/c1-2-7-11(13-6-10(17)15-18)16-8(12)4-3-5-9(16)14-7/h3-5,13,18H,2,6H2,1H3,(H,15,17). The van der Waals surface area contributed by atoms with E-state index in [4.69, 9.17) is 5.21 Å². The number of hydroxylamine groups is 1. The first-order valence-electron chi connectivity index (χ1n) is 5.50. The molecule has 7 heteroatoms. The molecule has 2 heterocycles. The van der Waals surface area contributed by atoms with Crippen molar-refractivity contribution in [1.82, 2.24) is 14.9 Å². The van der Waals surface area contributed by atoms with Gasteiger partial charge in [0.05, 0.1) is 16.8 Å². The van der Waals surface area contributed by atoms with Crippen molar-refractivity contribution >= 4 is 33.3 Å². The summed E-state index contributed by atoms with van der Waals surface area (Å²) in [5, 5.41) is 11.5. The molecule has 0 atom stereocenters. The number of aromatic nitrogens is 2. The highest BCUT2D eigenvalue weighted by Crippen LogP contribution is 2.23. The Hall–Kier alpha value is -1.60. The lowest BCUT2D eigenvalue weighted by Gasteiger charge is -2.08. The number of hydrogen-bond donors (Lipinski definition) is 3. The van der Waals surface area contributed by atoms with Crippen LogP contribution in [0.25, 0.3) is 5.65 Å². The molecule has 0 saturated heterocycles. The Balaban J connectivity index is 2.43. The Morgan fingerprint density at radius 2 is 2.33 bits per heavy atom. The Labute approximate surface area is 112 Å². The van der Waals surface area contributed by atoms with Gasteiger partial charge in [0.25, 0.3) is 5.91 Å². The lowest BCUT2D eigenvalue weighted by molar-refractivity contribution is -0.127. The second-order valence-electron chi connectivity index (χ2n) is 3.69. The minimum atomic E-state index is -0.501. The van der Waals surface area contributed by atoms with Crippen LogP contribution in [0.3, 0.4) is 0 Å². The highest BCUT2D eigenvalue weighted by Gasteiger charge is 2.13. The number of rotatable bonds is 4. The predicted octanol–water partition coefficient (Wildman–Crippen LogP) is 1.58. The molecule has 3 N–H and O–H groups in total. The number of pyridine rings is 1. The molecule has 96 valence electrons. The van der Waals surface area contributed by atoms with Crippen LogP contribution in [-0.2, 0) is 11.2 Å². The van der Waals surface area contributed by atoms with E-state index in [-0.39, 0.29) is 6.54 Å². The Bertz CT molecular complexity index is 582. The van der Waals surface area contributed by atoms with Crippen LogP contribution < -0.4 is 10.8 Å². The number of nitrogens with zero attached hydrogens (tertiary/aromatic N) is 2. The summed E-state index contributed by atoms with van der Waals surface area (Å²) in [5.41, 5.74) is 3.25. The van der Waals surface area contributed by atoms with Crippen LogP contribution in [0.5, 0.6) is 0 Å². The first-order valence-corrected chi connectivity index (χ1v) is 6.29. The maximum atomic E-state index is 11.1. The summed E-state index contributed by atoms with van der Waals surface area (Å²) >= 11 is 3.45. The van der Waals surface area contributed by atoms with Gasteiger partial charge in [-0.25, -0.2) is 10.5 Å². The molecular formula is C11H13BrN4O2. The number of carbonyl (C=O) groups excluding carboxylic acids is 1.